The molecule has 7 nitrogen and oxygen atoms in total. The molecule has 2 aromatic rings. The van der Waals surface area contributed by atoms with Gasteiger partial charge in [0.1, 0.15) is 17.3 Å². The number of sulfonamides is 1. The van der Waals surface area contributed by atoms with Gasteiger partial charge in [0.15, 0.2) is 0 Å². The highest BCUT2D eigenvalue weighted by Crippen LogP contribution is 2.27. The van der Waals surface area contributed by atoms with Crippen LogP contribution in [0.3, 0.4) is 0 Å². The van der Waals surface area contributed by atoms with Crippen LogP contribution < -0.4 is 19.9 Å². The van der Waals surface area contributed by atoms with E-state index in [-0.39, 0.29) is 10.7 Å². The van der Waals surface area contributed by atoms with Crippen molar-refractivity contribution in [1.82, 2.24) is 4.98 Å². The van der Waals surface area contributed by atoms with Crippen molar-refractivity contribution in [2.45, 2.75) is 4.90 Å². The van der Waals surface area contributed by atoms with E-state index in [1.165, 1.54) is 32.5 Å². The first-order valence-electron chi connectivity index (χ1n) is 5.92. The van der Waals surface area contributed by atoms with Gasteiger partial charge in [-0.2, -0.15) is 0 Å². The summed E-state index contributed by atoms with van der Waals surface area (Å²) in [6.45, 7) is 0. The lowest BCUT2D eigenvalue weighted by molar-refractivity contribution is 0.395. The van der Waals surface area contributed by atoms with Crippen LogP contribution >= 0.6 is 0 Å². The fourth-order valence-corrected chi connectivity index (χ4v) is 2.74. The Morgan fingerprint density at radius 2 is 1.71 bits per heavy atom. The average molecular weight is 309 g/mol. The highest BCUT2D eigenvalue weighted by molar-refractivity contribution is 7.92. The molecule has 8 heteroatoms. The van der Waals surface area contributed by atoms with Crippen LogP contribution in [-0.2, 0) is 10.0 Å². The summed E-state index contributed by atoms with van der Waals surface area (Å²) in [5.74, 6) is 1.07. The van der Waals surface area contributed by atoms with Crippen molar-refractivity contribution >= 4 is 21.5 Å². The molecule has 1 heterocycles. The van der Waals surface area contributed by atoms with Crippen LogP contribution in [0.5, 0.6) is 11.5 Å². The van der Waals surface area contributed by atoms with Crippen LogP contribution in [0.15, 0.2) is 41.4 Å². The molecular weight excluding hydrogens is 294 g/mol. The molecule has 0 fully saturated rings. The number of nitrogens with two attached hydrogens (primary N) is 1. The van der Waals surface area contributed by atoms with Gasteiger partial charge in [0.05, 0.1) is 24.8 Å². The highest BCUT2D eigenvalue weighted by atomic mass is 32.2. The number of methoxy groups -OCH3 is 2. The predicted molar refractivity (Wildman–Crippen MR) is 79.0 cm³/mol. The minimum Gasteiger partial charge on any atom is -0.497 e. The molecule has 2 rings (SSSR count). The first-order chi connectivity index (χ1) is 9.94. The van der Waals surface area contributed by atoms with Crippen molar-refractivity contribution in [3.8, 4) is 11.5 Å². The van der Waals surface area contributed by atoms with Gasteiger partial charge in [-0.3, -0.25) is 4.72 Å². The summed E-state index contributed by atoms with van der Waals surface area (Å²) in [4.78, 5) is 3.79. The van der Waals surface area contributed by atoms with Gasteiger partial charge in [0.2, 0.25) is 0 Å². The van der Waals surface area contributed by atoms with Crippen molar-refractivity contribution in [1.29, 1.82) is 0 Å². The lowest BCUT2D eigenvalue weighted by Crippen LogP contribution is -2.13. The van der Waals surface area contributed by atoms with Gasteiger partial charge in [0, 0.05) is 30.5 Å². The van der Waals surface area contributed by atoms with Crippen molar-refractivity contribution in [2.24, 2.45) is 0 Å². The predicted octanol–water partition coefficient (Wildman–Crippen LogP) is 1.48. The third-order valence-electron chi connectivity index (χ3n) is 2.67. The lowest BCUT2D eigenvalue weighted by atomic mass is 10.3. The highest BCUT2D eigenvalue weighted by Gasteiger charge is 2.15. The van der Waals surface area contributed by atoms with Gasteiger partial charge in [-0.05, 0) is 6.07 Å². The molecular formula is C13H15N3O4S. The molecule has 0 saturated carbocycles. The molecule has 0 atom stereocenters. The maximum absolute atomic E-state index is 12.3. The molecule has 1 aromatic heterocycles. The molecule has 3 N–H and O–H groups in total. The van der Waals surface area contributed by atoms with Crippen molar-refractivity contribution in [3.05, 3.63) is 36.5 Å². The monoisotopic (exact) mass is 309 g/mol. The normalized spacial score (nSPS) is 11.0. The molecule has 0 bridgehead atoms. The molecule has 112 valence electrons. The number of hydrogen-bond donors (Lipinski definition) is 2. The lowest BCUT2D eigenvalue weighted by Gasteiger charge is -2.11. The molecule has 0 radical (unpaired) electrons. The van der Waals surface area contributed by atoms with Crippen molar-refractivity contribution < 1.29 is 17.9 Å². The summed E-state index contributed by atoms with van der Waals surface area (Å²) in [6, 6.07) is 7.37. The van der Waals surface area contributed by atoms with Gasteiger partial charge < -0.3 is 15.2 Å². The standard InChI is InChI=1S/C13H15N3O4S/c1-19-10-5-9(6-11(7-10)20-2)16-21(17,18)12-3-4-15-13(14)8-12/h3-8,16H,1-2H3,(H2,14,15). The zero-order valence-electron chi connectivity index (χ0n) is 11.5. The van der Waals surface area contributed by atoms with Crippen LogP contribution in [0, 0.1) is 0 Å². The first-order valence-corrected chi connectivity index (χ1v) is 7.40. The van der Waals surface area contributed by atoms with E-state index in [1.54, 1.807) is 18.2 Å². The second-order valence-corrected chi connectivity index (χ2v) is 5.81. The van der Waals surface area contributed by atoms with E-state index in [0.717, 1.165) is 0 Å². The Balaban J connectivity index is 2.36. The van der Waals surface area contributed by atoms with E-state index in [1.807, 2.05) is 0 Å². The van der Waals surface area contributed by atoms with Crippen LogP contribution in [-0.4, -0.2) is 27.6 Å². The number of pyridine rings is 1. The Labute approximate surface area is 122 Å². The maximum Gasteiger partial charge on any atom is 0.262 e. The van der Waals surface area contributed by atoms with Gasteiger partial charge in [0.25, 0.3) is 10.0 Å². The summed E-state index contributed by atoms with van der Waals surface area (Å²) in [5, 5.41) is 0. The Kier molecular flexibility index (Phi) is 4.18. The summed E-state index contributed by atoms with van der Waals surface area (Å²) in [7, 11) is -0.801. The molecule has 0 unspecified atom stereocenters. The van der Waals surface area contributed by atoms with E-state index in [4.69, 9.17) is 15.2 Å². The Morgan fingerprint density at radius 3 is 2.24 bits per heavy atom. The molecule has 21 heavy (non-hydrogen) atoms. The number of ether oxygens (including phenoxy) is 2. The van der Waals surface area contributed by atoms with Crippen molar-refractivity contribution in [2.75, 3.05) is 24.7 Å². The summed E-state index contributed by atoms with van der Waals surface area (Å²) >= 11 is 0. The quantitative estimate of drug-likeness (QED) is 0.867. The fraction of sp³-hybridized carbons (Fsp3) is 0.154. The number of anilines is 2. The second kappa shape index (κ2) is 5.88. The molecule has 0 saturated heterocycles. The zero-order chi connectivity index (χ0) is 15.5. The Bertz CT molecular complexity index is 725. The van der Waals surface area contributed by atoms with Gasteiger partial charge in [-0.1, -0.05) is 0 Å². The van der Waals surface area contributed by atoms with Crippen LogP contribution in [0.4, 0.5) is 11.5 Å². The minimum absolute atomic E-state index is 0.0248. The van der Waals surface area contributed by atoms with E-state index in [0.29, 0.717) is 17.2 Å². The number of nitrogen functional groups attached to an aromatic ring is 1. The number of nitrogens with one attached hydrogen (secondary N) is 1. The smallest absolute Gasteiger partial charge is 0.262 e. The molecule has 0 spiro atoms. The third-order valence-corrected chi connectivity index (χ3v) is 4.05. The van der Waals surface area contributed by atoms with Crippen molar-refractivity contribution in [3.63, 3.8) is 0 Å². The molecule has 0 aliphatic carbocycles. The minimum atomic E-state index is -3.77. The first kappa shape index (κ1) is 14.9. The zero-order valence-corrected chi connectivity index (χ0v) is 12.3. The number of rotatable bonds is 5. The van der Waals surface area contributed by atoms with Gasteiger partial charge in [-0.25, -0.2) is 13.4 Å². The van der Waals surface area contributed by atoms with E-state index in [2.05, 4.69) is 9.71 Å². The van der Waals surface area contributed by atoms with Gasteiger partial charge in [-0.15, -0.1) is 0 Å². The fourth-order valence-electron chi connectivity index (χ4n) is 1.68. The maximum atomic E-state index is 12.3. The van der Waals surface area contributed by atoms with Crippen LogP contribution in [0.25, 0.3) is 0 Å². The Hall–Kier alpha value is -2.48. The number of nitrogens with zero attached hydrogens (tertiary/aromatic N) is 1. The van der Waals surface area contributed by atoms with Crippen LogP contribution in [0.1, 0.15) is 0 Å². The molecule has 0 aliphatic rings. The van der Waals surface area contributed by atoms with Crippen LogP contribution in [0.2, 0.25) is 0 Å². The number of aromatic nitrogens is 1. The largest absolute Gasteiger partial charge is 0.497 e. The van der Waals surface area contributed by atoms with Gasteiger partial charge >= 0.3 is 0 Å². The average Bonchev–Trinajstić information content (AvgIpc) is 2.46. The summed E-state index contributed by atoms with van der Waals surface area (Å²) in [6.07, 6.45) is 1.33. The molecule has 1 aromatic carbocycles. The van der Waals surface area contributed by atoms with E-state index < -0.39 is 10.0 Å². The second-order valence-electron chi connectivity index (χ2n) is 4.12. The summed E-state index contributed by atoms with van der Waals surface area (Å²) in [5.41, 5.74) is 5.82. The SMILES string of the molecule is COc1cc(NS(=O)(=O)c2ccnc(N)c2)cc(OC)c1. The Morgan fingerprint density at radius 1 is 1.10 bits per heavy atom. The summed E-state index contributed by atoms with van der Waals surface area (Å²) < 4.78 is 37.2. The molecule has 0 aliphatic heterocycles. The van der Waals surface area contributed by atoms with E-state index >= 15 is 0 Å². The third kappa shape index (κ3) is 3.54. The topological polar surface area (TPSA) is 104 Å². The van der Waals surface area contributed by atoms with E-state index in [9.17, 15) is 8.42 Å². The number of hydrogen-bond acceptors (Lipinski definition) is 6. The number of benzene rings is 1. The molecule has 0 amide bonds.